The number of nitrogens with zero attached hydrogens (tertiary/aromatic N) is 1. The van der Waals surface area contributed by atoms with E-state index in [-0.39, 0.29) is 43.3 Å². The van der Waals surface area contributed by atoms with Crippen LogP contribution in [0.5, 0.6) is 0 Å². The van der Waals surface area contributed by atoms with Gasteiger partial charge < -0.3 is 5.32 Å². The lowest BCUT2D eigenvalue weighted by molar-refractivity contribution is -0.143. The van der Waals surface area contributed by atoms with E-state index in [4.69, 9.17) is 0 Å². The Morgan fingerprint density at radius 2 is 1.57 bits per heavy atom. The lowest BCUT2D eigenvalue weighted by Crippen LogP contribution is -2.50. The molecule has 1 aromatic rings. The van der Waals surface area contributed by atoms with E-state index >= 15 is 0 Å². The Labute approximate surface area is 170 Å². The molecule has 3 rings (SSSR count). The second-order valence-electron chi connectivity index (χ2n) is 8.11. The first-order chi connectivity index (χ1) is 13.7. The van der Waals surface area contributed by atoms with E-state index in [9.17, 15) is 34.8 Å². The van der Waals surface area contributed by atoms with Crippen molar-refractivity contribution in [1.82, 2.24) is 14.9 Å². The van der Waals surface area contributed by atoms with Crippen LogP contribution in [0, 0.1) is 0 Å². The summed E-state index contributed by atoms with van der Waals surface area (Å²) in [7, 11) is -3.62. The molecule has 0 unspecified atom stereocenters. The molecule has 2 N–H and O–H groups in total. The molecule has 2 fully saturated rings. The van der Waals surface area contributed by atoms with Gasteiger partial charge in [-0.2, -0.15) is 26.3 Å². The highest BCUT2D eigenvalue weighted by atomic mass is 32.2. The standard InChI is InChI=1S/C18H23F6N3O2S/c1-16(9-25-11-26-16)10-30(28,29)27-4-2-12(3-5-27)13-6-14(17(19,20)21)8-15(7-13)18(22,23)24/h6-8,12,25-26H,2-5,9-11H2,1H3/t16-/m0/s1. The Kier molecular flexibility index (Phi) is 6.18. The van der Waals surface area contributed by atoms with Crippen molar-refractivity contribution in [2.24, 2.45) is 0 Å². The quantitative estimate of drug-likeness (QED) is 0.680. The first-order valence-electron chi connectivity index (χ1n) is 9.43. The highest BCUT2D eigenvalue weighted by molar-refractivity contribution is 7.89. The van der Waals surface area contributed by atoms with Crippen molar-refractivity contribution in [2.45, 2.75) is 43.6 Å². The van der Waals surface area contributed by atoms with Crippen LogP contribution in [-0.2, 0) is 22.4 Å². The minimum atomic E-state index is -4.90. The number of rotatable bonds is 4. The second kappa shape index (κ2) is 7.95. The predicted octanol–water partition coefficient (Wildman–Crippen LogP) is 3.14. The van der Waals surface area contributed by atoms with Crippen molar-refractivity contribution in [3.63, 3.8) is 0 Å². The van der Waals surface area contributed by atoms with Crippen molar-refractivity contribution >= 4 is 10.0 Å². The maximum atomic E-state index is 13.1. The molecule has 0 amide bonds. The Bertz CT molecular complexity index is 839. The number of benzene rings is 1. The van der Waals surface area contributed by atoms with Gasteiger partial charge >= 0.3 is 12.4 Å². The molecule has 12 heteroatoms. The third-order valence-corrected chi connectivity index (χ3v) is 7.74. The van der Waals surface area contributed by atoms with Gasteiger partial charge in [-0.25, -0.2) is 12.7 Å². The van der Waals surface area contributed by atoms with E-state index in [1.165, 1.54) is 4.31 Å². The zero-order valence-corrected chi connectivity index (χ0v) is 17.0. The van der Waals surface area contributed by atoms with E-state index in [0.29, 0.717) is 13.2 Å². The van der Waals surface area contributed by atoms with Gasteiger partial charge in [0.05, 0.1) is 16.9 Å². The zero-order chi connectivity index (χ0) is 22.4. The molecule has 170 valence electrons. The van der Waals surface area contributed by atoms with Gasteiger partial charge in [-0.05, 0) is 49.4 Å². The van der Waals surface area contributed by atoms with Gasteiger partial charge in [0, 0.05) is 31.8 Å². The third-order valence-electron chi connectivity index (χ3n) is 5.59. The van der Waals surface area contributed by atoms with Gasteiger partial charge in [-0.15, -0.1) is 0 Å². The van der Waals surface area contributed by atoms with E-state index < -0.39 is 45.0 Å². The summed E-state index contributed by atoms with van der Waals surface area (Å²) in [5.41, 5.74) is -3.40. The highest BCUT2D eigenvalue weighted by Crippen LogP contribution is 2.39. The molecule has 0 aliphatic carbocycles. The number of halogens is 6. The summed E-state index contributed by atoms with van der Waals surface area (Å²) in [5, 5.41) is 6.10. The summed E-state index contributed by atoms with van der Waals surface area (Å²) < 4.78 is 105. The van der Waals surface area contributed by atoms with Gasteiger partial charge in [0.2, 0.25) is 10.0 Å². The SMILES string of the molecule is C[C@@]1(CS(=O)(=O)N2CCC(c3cc(C(F)(F)F)cc(C(F)(F)F)c3)CC2)CNCN1. The summed E-state index contributed by atoms with van der Waals surface area (Å²) in [5.74, 6) is -0.721. The average Bonchev–Trinajstić information content (AvgIpc) is 3.05. The molecular formula is C18H23F6N3O2S. The Morgan fingerprint density at radius 1 is 1.03 bits per heavy atom. The summed E-state index contributed by atoms with van der Waals surface area (Å²) in [6.07, 6.45) is -9.50. The maximum Gasteiger partial charge on any atom is 0.416 e. The van der Waals surface area contributed by atoms with Crippen LogP contribution in [0.25, 0.3) is 0 Å². The molecule has 0 spiro atoms. The molecule has 0 aromatic heterocycles. The topological polar surface area (TPSA) is 61.4 Å². The van der Waals surface area contributed by atoms with Crippen LogP contribution in [0.3, 0.4) is 0 Å². The van der Waals surface area contributed by atoms with E-state index in [0.717, 1.165) is 12.1 Å². The Hall–Kier alpha value is -1.37. The summed E-state index contributed by atoms with van der Waals surface area (Å²) in [4.78, 5) is 0. The highest BCUT2D eigenvalue weighted by Gasteiger charge is 2.40. The number of sulfonamides is 1. The summed E-state index contributed by atoms with van der Waals surface area (Å²) in [6, 6.07) is 1.57. The van der Waals surface area contributed by atoms with E-state index in [2.05, 4.69) is 10.6 Å². The van der Waals surface area contributed by atoms with Crippen molar-refractivity contribution in [3.8, 4) is 0 Å². The average molecular weight is 459 g/mol. The molecule has 2 aliphatic rings. The van der Waals surface area contributed by atoms with E-state index in [1.807, 2.05) is 0 Å². The lowest BCUT2D eigenvalue weighted by atomic mass is 9.88. The number of alkyl halides is 6. The number of hydrogen-bond acceptors (Lipinski definition) is 4. The zero-order valence-electron chi connectivity index (χ0n) is 16.2. The van der Waals surface area contributed by atoms with Crippen LogP contribution in [0.4, 0.5) is 26.3 Å². The third kappa shape index (κ3) is 5.27. The van der Waals surface area contributed by atoms with Crippen LogP contribution in [0.2, 0.25) is 0 Å². The molecule has 1 aromatic carbocycles. The number of hydrogen-bond donors (Lipinski definition) is 2. The fourth-order valence-electron chi connectivity index (χ4n) is 3.95. The van der Waals surface area contributed by atoms with Crippen molar-refractivity contribution < 1.29 is 34.8 Å². The molecule has 0 bridgehead atoms. The van der Waals surface area contributed by atoms with Gasteiger partial charge in [-0.3, -0.25) is 5.32 Å². The van der Waals surface area contributed by atoms with Gasteiger partial charge in [0.1, 0.15) is 0 Å². The Morgan fingerprint density at radius 3 is 2.00 bits per heavy atom. The van der Waals surface area contributed by atoms with Crippen molar-refractivity contribution in [2.75, 3.05) is 32.1 Å². The minimum Gasteiger partial charge on any atom is -0.303 e. The number of nitrogens with one attached hydrogen (secondary N) is 2. The Balaban J connectivity index is 1.76. The molecule has 5 nitrogen and oxygen atoms in total. The largest absolute Gasteiger partial charge is 0.416 e. The molecule has 0 radical (unpaired) electrons. The fraction of sp³-hybridized carbons (Fsp3) is 0.667. The normalized spacial score (nSPS) is 25.0. The van der Waals surface area contributed by atoms with Gasteiger partial charge in [-0.1, -0.05) is 0 Å². The predicted molar refractivity (Wildman–Crippen MR) is 98.2 cm³/mol. The molecule has 30 heavy (non-hydrogen) atoms. The van der Waals surface area contributed by atoms with Crippen LogP contribution >= 0.6 is 0 Å². The first kappa shape index (κ1) is 23.3. The van der Waals surface area contributed by atoms with E-state index in [1.54, 1.807) is 6.92 Å². The van der Waals surface area contributed by atoms with Gasteiger partial charge in [0.25, 0.3) is 0 Å². The molecule has 1 atom stereocenters. The second-order valence-corrected chi connectivity index (χ2v) is 10.1. The smallest absolute Gasteiger partial charge is 0.303 e. The fourth-order valence-corrected chi connectivity index (χ4v) is 5.91. The first-order valence-corrected chi connectivity index (χ1v) is 11.0. The van der Waals surface area contributed by atoms with Crippen LogP contribution in [0.1, 0.15) is 42.4 Å². The van der Waals surface area contributed by atoms with Crippen molar-refractivity contribution in [1.29, 1.82) is 0 Å². The van der Waals surface area contributed by atoms with Gasteiger partial charge in [0.15, 0.2) is 0 Å². The molecule has 2 saturated heterocycles. The summed E-state index contributed by atoms with van der Waals surface area (Å²) in [6.45, 7) is 2.85. The molecule has 2 heterocycles. The maximum absolute atomic E-state index is 13.1. The molecular weight excluding hydrogens is 436 g/mol. The number of piperidine rings is 1. The van der Waals surface area contributed by atoms with Crippen molar-refractivity contribution in [3.05, 3.63) is 34.9 Å². The minimum absolute atomic E-state index is 0.0497. The lowest BCUT2D eigenvalue weighted by Gasteiger charge is -2.34. The molecule has 2 aliphatic heterocycles. The summed E-state index contributed by atoms with van der Waals surface area (Å²) >= 11 is 0. The van der Waals surface area contributed by atoms with Crippen LogP contribution in [0.15, 0.2) is 18.2 Å². The van der Waals surface area contributed by atoms with Crippen LogP contribution < -0.4 is 10.6 Å². The van der Waals surface area contributed by atoms with Crippen LogP contribution in [-0.4, -0.2) is 50.3 Å². The monoisotopic (exact) mass is 459 g/mol. The molecule has 0 saturated carbocycles.